The third-order valence-corrected chi connectivity index (χ3v) is 9.05. The van der Waals surface area contributed by atoms with Crippen LogP contribution in [0.4, 0.5) is 16.0 Å². The second-order valence-electron chi connectivity index (χ2n) is 9.81. The number of hydrogen-bond donors (Lipinski definition) is 3. The fourth-order valence-corrected chi connectivity index (χ4v) is 6.43. The summed E-state index contributed by atoms with van der Waals surface area (Å²) < 4.78 is 43.0. The molecule has 5 rings (SSSR count). The van der Waals surface area contributed by atoms with Crippen molar-refractivity contribution in [2.75, 3.05) is 17.1 Å². The van der Waals surface area contributed by atoms with Crippen LogP contribution in [-0.2, 0) is 16.4 Å². The molecule has 39 heavy (non-hydrogen) atoms. The van der Waals surface area contributed by atoms with Crippen molar-refractivity contribution in [3.63, 3.8) is 0 Å². The van der Waals surface area contributed by atoms with E-state index in [1.165, 1.54) is 18.2 Å². The number of benzene rings is 3. The summed E-state index contributed by atoms with van der Waals surface area (Å²) in [6.07, 6.45) is 6.86. The lowest BCUT2D eigenvalue weighted by molar-refractivity contribution is 0.370. The molecule has 0 unspecified atom stereocenters. The molecule has 204 valence electrons. The van der Waals surface area contributed by atoms with Crippen molar-refractivity contribution in [1.82, 2.24) is 15.3 Å². The molecule has 10 heteroatoms. The SMILES string of the molecule is CCc1cc(-c2ccc(NS(=O)(=O)c3ccccc3)c(F)c2Cl)cc2cnc(NC3CCC(NC)CC3)nc12. The third kappa shape index (κ3) is 5.85. The maximum absolute atomic E-state index is 15.3. The molecular formula is C29H31ClFN5O2S. The monoisotopic (exact) mass is 567 g/mol. The molecule has 1 fully saturated rings. The summed E-state index contributed by atoms with van der Waals surface area (Å²) in [5, 5.41) is 7.50. The number of aromatic nitrogens is 2. The maximum Gasteiger partial charge on any atom is 0.261 e. The molecule has 0 bridgehead atoms. The number of nitrogens with zero attached hydrogens (tertiary/aromatic N) is 2. The van der Waals surface area contributed by atoms with Crippen LogP contribution in [0.2, 0.25) is 5.02 Å². The lowest BCUT2D eigenvalue weighted by Crippen LogP contribution is -2.35. The van der Waals surface area contributed by atoms with E-state index in [0.717, 1.165) is 42.1 Å². The molecule has 0 spiro atoms. The van der Waals surface area contributed by atoms with Gasteiger partial charge in [0.2, 0.25) is 5.95 Å². The zero-order valence-electron chi connectivity index (χ0n) is 21.8. The Bertz CT molecular complexity index is 1590. The molecule has 0 amide bonds. The van der Waals surface area contributed by atoms with E-state index < -0.39 is 15.8 Å². The van der Waals surface area contributed by atoms with Crippen LogP contribution >= 0.6 is 11.6 Å². The minimum absolute atomic E-state index is 0.0335. The van der Waals surface area contributed by atoms with Crippen molar-refractivity contribution in [2.24, 2.45) is 0 Å². The summed E-state index contributed by atoms with van der Waals surface area (Å²) in [4.78, 5) is 9.40. The topological polar surface area (TPSA) is 96.0 Å². The van der Waals surface area contributed by atoms with Crippen LogP contribution in [0.3, 0.4) is 0 Å². The molecule has 0 saturated heterocycles. The van der Waals surface area contributed by atoms with Crippen molar-refractivity contribution in [3.8, 4) is 11.1 Å². The first-order chi connectivity index (χ1) is 18.8. The van der Waals surface area contributed by atoms with E-state index in [1.807, 2.05) is 26.1 Å². The molecule has 1 aliphatic carbocycles. The van der Waals surface area contributed by atoms with Crippen molar-refractivity contribution < 1.29 is 12.8 Å². The van der Waals surface area contributed by atoms with Crippen LogP contribution in [0.1, 0.15) is 38.2 Å². The van der Waals surface area contributed by atoms with Gasteiger partial charge < -0.3 is 10.6 Å². The first-order valence-electron chi connectivity index (χ1n) is 13.1. The summed E-state index contributed by atoms with van der Waals surface area (Å²) in [6, 6.07) is 15.5. The van der Waals surface area contributed by atoms with Crippen molar-refractivity contribution in [2.45, 2.75) is 56.0 Å². The molecule has 1 aliphatic rings. The van der Waals surface area contributed by atoms with Gasteiger partial charge in [0, 0.05) is 29.2 Å². The van der Waals surface area contributed by atoms with Crippen LogP contribution in [0, 0.1) is 5.82 Å². The molecule has 4 aromatic rings. The molecule has 1 aromatic heterocycles. The summed E-state index contributed by atoms with van der Waals surface area (Å²) in [6.45, 7) is 2.04. The zero-order chi connectivity index (χ0) is 27.6. The van der Waals surface area contributed by atoms with Gasteiger partial charge in [0.25, 0.3) is 10.0 Å². The lowest BCUT2D eigenvalue weighted by atomic mass is 9.91. The Labute approximate surface area is 233 Å². The third-order valence-electron chi connectivity index (χ3n) is 7.30. The molecule has 1 saturated carbocycles. The summed E-state index contributed by atoms with van der Waals surface area (Å²) >= 11 is 6.45. The second-order valence-corrected chi connectivity index (χ2v) is 11.9. The number of nitrogens with one attached hydrogen (secondary N) is 3. The van der Waals surface area contributed by atoms with Gasteiger partial charge in [-0.05, 0) is 80.6 Å². The fraction of sp³-hybridized carbons (Fsp3) is 0.310. The Morgan fingerprint density at radius 2 is 1.74 bits per heavy atom. The Morgan fingerprint density at radius 3 is 2.44 bits per heavy atom. The van der Waals surface area contributed by atoms with Crippen molar-refractivity contribution in [3.05, 3.63) is 77.2 Å². The highest BCUT2D eigenvalue weighted by Gasteiger charge is 2.22. The van der Waals surface area contributed by atoms with Gasteiger partial charge in [0.05, 0.1) is 21.1 Å². The zero-order valence-corrected chi connectivity index (χ0v) is 23.4. The normalized spacial score (nSPS) is 17.7. The molecule has 0 aliphatic heterocycles. The average molecular weight is 568 g/mol. The molecule has 0 radical (unpaired) electrons. The average Bonchev–Trinajstić information content (AvgIpc) is 2.96. The van der Waals surface area contributed by atoms with Crippen LogP contribution in [-0.4, -0.2) is 37.5 Å². The van der Waals surface area contributed by atoms with E-state index in [0.29, 0.717) is 35.6 Å². The quantitative estimate of drug-likeness (QED) is 0.228. The highest BCUT2D eigenvalue weighted by molar-refractivity contribution is 7.92. The number of sulfonamides is 1. The minimum atomic E-state index is -3.96. The predicted octanol–water partition coefficient (Wildman–Crippen LogP) is 6.40. The van der Waals surface area contributed by atoms with Gasteiger partial charge >= 0.3 is 0 Å². The van der Waals surface area contributed by atoms with Gasteiger partial charge in [-0.3, -0.25) is 4.72 Å². The van der Waals surface area contributed by atoms with E-state index in [2.05, 4.69) is 20.3 Å². The summed E-state index contributed by atoms with van der Waals surface area (Å²) in [7, 11) is -1.95. The van der Waals surface area contributed by atoms with Gasteiger partial charge in [-0.25, -0.2) is 22.8 Å². The first kappa shape index (κ1) is 27.3. The van der Waals surface area contributed by atoms with E-state index >= 15 is 4.39 Å². The Balaban J connectivity index is 1.42. The molecule has 0 atom stereocenters. The van der Waals surface area contributed by atoms with Crippen LogP contribution in [0.5, 0.6) is 0 Å². The number of hydrogen-bond acceptors (Lipinski definition) is 6. The number of aryl methyl sites for hydroxylation is 1. The van der Waals surface area contributed by atoms with Gasteiger partial charge in [0.1, 0.15) is 0 Å². The second kappa shape index (κ2) is 11.5. The fourth-order valence-electron chi connectivity index (χ4n) is 5.08. The number of halogens is 2. The standard InChI is InChI=1S/C29H31ClFN5O2S/c1-3-18-15-19(16-20-17-33-29(35-28(18)20)34-22-11-9-21(32-2)10-12-22)24-13-14-25(27(31)26(24)30)36-39(37,38)23-7-5-4-6-8-23/h4-8,13-17,21-22,32,36H,3,9-12H2,1-2H3,(H,33,34,35). The first-order valence-corrected chi connectivity index (χ1v) is 14.9. The van der Waals surface area contributed by atoms with Gasteiger partial charge in [-0.15, -0.1) is 0 Å². The minimum Gasteiger partial charge on any atom is -0.351 e. The summed E-state index contributed by atoms with van der Waals surface area (Å²) in [5.41, 5.74) is 2.77. The number of anilines is 2. The van der Waals surface area contributed by atoms with Crippen LogP contribution in [0.25, 0.3) is 22.0 Å². The van der Waals surface area contributed by atoms with Crippen LogP contribution in [0.15, 0.2) is 65.7 Å². The summed E-state index contributed by atoms with van der Waals surface area (Å²) in [5.74, 6) is -0.229. The lowest BCUT2D eigenvalue weighted by Gasteiger charge is -2.28. The molecule has 7 nitrogen and oxygen atoms in total. The molecule has 3 N–H and O–H groups in total. The van der Waals surface area contributed by atoms with Crippen molar-refractivity contribution in [1.29, 1.82) is 0 Å². The highest BCUT2D eigenvalue weighted by atomic mass is 35.5. The van der Waals surface area contributed by atoms with E-state index in [1.54, 1.807) is 30.5 Å². The van der Waals surface area contributed by atoms with Gasteiger partial charge in [-0.1, -0.05) is 42.8 Å². The molecule has 1 heterocycles. The maximum atomic E-state index is 15.3. The predicted molar refractivity (Wildman–Crippen MR) is 155 cm³/mol. The molecule has 3 aromatic carbocycles. The smallest absolute Gasteiger partial charge is 0.261 e. The van der Waals surface area contributed by atoms with Crippen molar-refractivity contribution >= 4 is 44.2 Å². The van der Waals surface area contributed by atoms with E-state index in [4.69, 9.17) is 16.6 Å². The Kier molecular flexibility index (Phi) is 8.02. The number of fused-ring (bicyclic) bond motifs is 1. The van der Waals surface area contributed by atoms with Gasteiger partial charge in [-0.2, -0.15) is 0 Å². The van der Waals surface area contributed by atoms with Crippen LogP contribution < -0.4 is 15.4 Å². The Morgan fingerprint density at radius 1 is 1.03 bits per heavy atom. The van der Waals surface area contributed by atoms with E-state index in [9.17, 15) is 8.42 Å². The van der Waals surface area contributed by atoms with Gasteiger partial charge in [0.15, 0.2) is 5.82 Å². The number of rotatable bonds is 8. The van der Waals surface area contributed by atoms with E-state index in [-0.39, 0.29) is 15.6 Å². The highest BCUT2D eigenvalue weighted by Crippen LogP contribution is 2.37. The Hall–Kier alpha value is -3.27. The largest absolute Gasteiger partial charge is 0.351 e. The molecular weight excluding hydrogens is 537 g/mol.